The molecule has 3 rings (SSSR count). The third-order valence-corrected chi connectivity index (χ3v) is 5.79. The van der Waals surface area contributed by atoms with Crippen molar-refractivity contribution >= 4 is 11.3 Å². The molecule has 0 aromatic carbocycles. The van der Waals surface area contributed by atoms with Crippen LogP contribution < -0.4 is 5.32 Å². The van der Waals surface area contributed by atoms with E-state index in [1.165, 1.54) is 49.8 Å². The lowest BCUT2D eigenvalue weighted by Crippen LogP contribution is -2.27. The van der Waals surface area contributed by atoms with Gasteiger partial charge in [-0.05, 0) is 43.2 Å². The lowest BCUT2D eigenvalue weighted by Gasteiger charge is -2.15. The molecule has 0 radical (unpaired) electrons. The van der Waals surface area contributed by atoms with Crippen LogP contribution in [0.1, 0.15) is 53.8 Å². The number of aliphatic hydroxyl groups is 1. The molecule has 2 aliphatic carbocycles. The van der Waals surface area contributed by atoms with E-state index < -0.39 is 0 Å². The molecule has 19 heavy (non-hydrogen) atoms. The zero-order valence-electron chi connectivity index (χ0n) is 11.7. The number of nitrogens with one attached hydrogen (secondary N) is 1. The predicted octanol–water partition coefficient (Wildman–Crippen LogP) is 3.27. The number of aryl methyl sites for hydroxylation is 2. The first-order chi connectivity index (χ1) is 9.31. The van der Waals surface area contributed by atoms with E-state index in [9.17, 15) is 5.11 Å². The van der Waals surface area contributed by atoms with Crippen molar-refractivity contribution in [2.75, 3.05) is 6.54 Å². The number of aliphatic hydroxyl groups excluding tert-OH is 1. The number of thiophene rings is 1. The van der Waals surface area contributed by atoms with Crippen molar-refractivity contribution in [3.05, 3.63) is 21.4 Å². The quantitative estimate of drug-likeness (QED) is 0.837. The van der Waals surface area contributed by atoms with Crippen molar-refractivity contribution in [3.63, 3.8) is 0 Å². The molecule has 3 heteroatoms. The molecule has 2 N–H and O–H groups in total. The van der Waals surface area contributed by atoms with Gasteiger partial charge in [0.2, 0.25) is 0 Å². The summed E-state index contributed by atoms with van der Waals surface area (Å²) in [6.07, 6.45) is 10.1. The Kier molecular flexibility index (Phi) is 4.57. The average Bonchev–Trinajstić information content (AvgIpc) is 3.04. The highest BCUT2D eigenvalue weighted by atomic mass is 32.1. The fourth-order valence-corrected chi connectivity index (χ4v) is 4.78. The van der Waals surface area contributed by atoms with E-state index in [-0.39, 0.29) is 6.10 Å². The van der Waals surface area contributed by atoms with Crippen LogP contribution in [-0.2, 0) is 19.4 Å². The van der Waals surface area contributed by atoms with Crippen LogP contribution in [0.2, 0.25) is 0 Å². The van der Waals surface area contributed by atoms with Crippen molar-refractivity contribution in [3.8, 4) is 0 Å². The molecule has 1 heterocycles. The molecule has 1 unspecified atom stereocenters. The number of fused-ring (bicyclic) bond motifs is 1. The molecule has 1 atom stereocenters. The summed E-state index contributed by atoms with van der Waals surface area (Å²) in [6, 6.07) is 2.36. The van der Waals surface area contributed by atoms with E-state index in [0.717, 1.165) is 25.4 Å². The third kappa shape index (κ3) is 3.59. The van der Waals surface area contributed by atoms with Gasteiger partial charge in [0, 0.05) is 22.8 Å². The van der Waals surface area contributed by atoms with Crippen LogP contribution in [0, 0.1) is 5.92 Å². The van der Waals surface area contributed by atoms with Gasteiger partial charge in [-0.15, -0.1) is 11.3 Å². The van der Waals surface area contributed by atoms with Crippen LogP contribution in [-0.4, -0.2) is 17.8 Å². The summed E-state index contributed by atoms with van der Waals surface area (Å²) in [6.45, 7) is 1.68. The largest absolute Gasteiger partial charge is 0.392 e. The lowest BCUT2D eigenvalue weighted by molar-refractivity contribution is 0.140. The van der Waals surface area contributed by atoms with Crippen LogP contribution >= 0.6 is 11.3 Å². The summed E-state index contributed by atoms with van der Waals surface area (Å²) in [5.74, 6) is 0.780. The first-order valence-corrected chi connectivity index (χ1v) is 8.62. The normalized spacial score (nSPS) is 20.9. The Balaban J connectivity index is 1.37. The highest BCUT2D eigenvalue weighted by molar-refractivity contribution is 7.12. The second-order valence-corrected chi connectivity index (χ2v) is 7.41. The van der Waals surface area contributed by atoms with Crippen LogP contribution in [0.5, 0.6) is 0 Å². The van der Waals surface area contributed by atoms with Crippen molar-refractivity contribution in [1.82, 2.24) is 5.32 Å². The molecule has 1 fully saturated rings. The molecule has 0 bridgehead atoms. The van der Waals surface area contributed by atoms with Crippen LogP contribution in [0.3, 0.4) is 0 Å². The van der Waals surface area contributed by atoms with Crippen molar-refractivity contribution in [1.29, 1.82) is 0 Å². The highest BCUT2D eigenvalue weighted by Gasteiger charge is 2.19. The zero-order valence-corrected chi connectivity index (χ0v) is 12.5. The van der Waals surface area contributed by atoms with E-state index >= 15 is 0 Å². The molecule has 1 aromatic rings. The number of hydrogen-bond donors (Lipinski definition) is 2. The standard InChI is InChI=1S/C16H25NOS/c18-14(8-12-4-1-2-5-12)10-17-11-15-9-13-6-3-7-16(13)19-15/h9,12,14,17-18H,1-8,10-11H2. The SMILES string of the molecule is OC(CNCc1cc2c(s1)CCC2)CC1CCCC1. The monoisotopic (exact) mass is 279 g/mol. The Morgan fingerprint density at radius 2 is 2.11 bits per heavy atom. The van der Waals surface area contributed by atoms with Crippen molar-refractivity contribution in [2.45, 2.75) is 64.0 Å². The van der Waals surface area contributed by atoms with Crippen LogP contribution in [0.15, 0.2) is 6.07 Å². The van der Waals surface area contributed by atoms with Gasteiger partial charge in [-0.1, -0.05) is 25.7 Å². The predicted molar refractivity (Wildman–Crippen MR) is 80.6 cm³/mol. The smallest absolute Gasteiger partial charge is 0.0667 e. The fraction of sp³-hybridized carbons (Fsp3) is 0.750. The van der Waals surface area contributed by atoms with Gasteiger partial charge in [-0.3, -0.25) is 0 Å². The summed E-state index contributed by atoms with van der Waals surface area (Å²) in [7, 11) is 0. The van der Waals surface area contributed by atoms with E-state index in [0.29, 0.717) is 0 Å². The summed E-state index contributed by atoms with van der Waals surface area (Å²) in [5.41, 5.74) is 1.58. The van der Waals surface area contributed by atoms with Gasteiger partial charge in [0.05, 0.1) is 6.10 Å². The summed E-state index contributed by atoms with van der Waals surface area (Å²) in [5, 5.41) is 13.5. The molecule has 2 aliphatic rings. The maximum atomic E-state index is 10.0. The van der Waals surface area contributed by atoms with E-state index in [2.05, 4.69) is 11.4 Å². The Morgan fingerprint density at radius 3 is 2.89 bits per heavy atom. The third-order valence-electron chi connectivity index (χ3n) is 4.56. The molecule has 0 saturated heterocycles. The molecule has 106 valence electrons. The van der Waals surface area contributed by atoms with Crippen LogP contribution in [0.25, 0.3) is 0 Å². The van der Waals surface area contributed by atoms with Gasteiger partial charge in [-0.25, -0.2) is 0 Å². The van der Waals surface area contributed by atoms with Crippen molar-refractivity contribution in [2.24, 2.45) is 5.92 Å². The minimum atomic E-state index is -0.157. The number of hydrogen-bond acceptors (Lipinski definition) is 3. The minimum absolute atomic E-state index is 0.157. The Bertz CT molecular complexity index is 387. The molecule has 0 amide bonds. The Morgan fingerprint density at radius 1 is 1.26 bits per heavy atom. The molecule has 0 aliphatic heterocycles. The molecule has 1 aromatic heterocycles. The maximum absolute atomic E-state index is 10.0. The topological polar surface area (TPSA) is 32.3 Å². The fourth-order valence-electron chi connectivity index (χ4n) is 3.55. The number of rotatable bonds is 6. The van der Waals surface area contributed by atoms with Crippen LogP contribution in [0.4, 0.5) is 0 Å². The first-order valence-electron chi connectivity index (χ1n) is 7.80. The van der Waals surface area contributed by atoms with Crippen molar-refractivity contribution < 1.29 is 5.11 Å². The average molecular weight is 279 g/mol. The van der Waals surface area contributed by atoms with Gasteiger partial charge < -0.3 is 10.4 Å². The first kappa shape index (κ1) is 13.6. The zero-order chi connectivity index (χ0) is 13.1. The van der Waals surface area contributed by atoms with Gasteiger partial charge in [0.25, 0.3) is 0 Å². The Labute approximate surface area is 120 Å². The molecule has 0 spiro atoms. The van der Waals surface area contributed by atoms with E-state index in [1.54, 1.807) is 10.4 Å². The van der Waals surface area contributed by atoms with E-state index in [4.69, 9.17) is 0 Å². The molecular formula is C16H25NOS. The van der Waals surface area contributed by atoms with E-state index in [1.807, 2.05) is 11.3 Å². The van der Waals surface area contributed by atoms with Gasteiger partial charge in [0.1, 0.15) is 0 Å². The maximum Gasteiger partial charge on any atom is 0.0667 e. The van der Waals surface area contributed by atoms with Gasteiger partial charge >= 0.3 is 0 Å². The molecular weight excluding hydrogens is 254 g/mol. The lowest BCUT2D eigenvalue weighted by atomic mass is 10.0. The van der Waals surface area contributed by atoms with Gasteiger partial charge in [-0.2, -0.15) is 0 Å². The Hall–Kier alpha value is -0.380. The molecule has 1 saturated carbocycles. The summed E-state index contributed by atoms with van der Waals surface area (Å²) in [4.78, 5) is 3.04. The summed E-state index contributed by atoms with van der Waals surface area (Å²) >= 11 is 1.96. The van der Waals surface area contributed by atoms with Gasteiger partial charge in [0.15, 0.2) is 0 Å². The summed E-state index contributed by atoms with van der Waals surface area (Å²) < 4.78 is 0. The second kappa shape index (κ2) is 6.38. The minimum Gasteiger partial charge on any atom is -0.392 e. The second-order valence-electron chi connectivity index (χ2n) is 6.19. The highest BCUT2D eigenvalue weighted by Crippen LogP contribution is 2.30. The molecule has 2 nitrogen and oxygen atoms in total.